The molecule has 0 fully saturated rings. The molecule has 120 valence electrons. The highest BCUT2D eigenvalue weighted by Gasteiger charge is 2.21. The molecule has 0 aliphatic heterocycles. The maximum Gasteiger partial charge on any atom is 0.239 e. The summed E-state index contributed by atoms with van der Waals surface area (Å²) in [5.74, 6) is 0.211. The van der Waals surface area contributed by atoms with Crippen molar-refractivity contribution in [3.8, 4) is 11.8 Å². The SMILES string of the molecule is CCN(CC)C(=O)C(C#N)CCCOc1cc(C)cc(C)c1. The van der Waals surface area contributed by atoms with E-state index < -0.39 is 5.92 Å². The van der Waals surface area contributed by atoms with Gasteiger partial charge in [-0.05, 0) is 63.8 Å². The van der Waals surface area contributed by atoms with Crippen molar-refractivity contribution >= 4 is 5.91 Å². The molecular formula is C18H26N2O2. The second kappa shape index (κ2) is 9.09. The fraction of sp³-hybridized carbons (Fsp3) is 0.556. The number of nitriles is 1. The molecule has 4 heteroatoms. The van der Waals surface area contributed by atoms with E-state index in [1.54, 1.807) is 4.90 Å². The first kappa shape index (κ1) is 18.0. The van der Waals surface area contributed by atoms with Crippen LogP contribution in [0.25, 0.3) is 0 Å². The minimum atomic E-state index is -0.567. The Hall–Kier alpha value is -2.02. The summed E-state index contributed by atoms with van der Waals surface area (Å²) in [6.07, 6.45) is 1.23. The molecule has 1 aromatic rings. The van der Waals surface area contributed by atoms with Crippen LogP contribution in [0.5, 0.6) is 5.75 Å². The Labute approximate surface area is 133 Å². The van der Waals surface area contributed by atoms with Gasteiger partial charge in [0.25, 0.3) is 0 Å². The summed E-state index contributed by atoms with van der Waals surface area (Å²) in [5.41, 5.74) is 2.34. The van der Waals surface area contributed by atoms with Crippen molar-refractivity contribution in [1.29, 1.82) is 5.26 Å². The predicted octanol–water partition coefficient (Wildman–Crippen LogP) is 3.47. The van der Waals surface area contributed by atoms with Crippen molar-refractivity contribution in [3.05, 3.63) is 29.3 Å². The topological polar surface area (TPSA) is 53.3 Å². The van der Waals surface area contributed by atoms with Gasteiger partial charge < -0.3 is 9.64 Å². The van der Waals surface area contributed by atoms with Crippen LogP contribution in [0.4, 0.5) is 0 Å². The van der Waals surface area contributed by atoms with Gasteiger partial charge in [-0.15, -0.1) is 0 Å². The summed E-state index contributed by atoms with van der Waals surface area (Å²) >= 11 is 0. The Morgan fingerprint density at radius 3 is 2.32 bits per heavy atom. The van der Waals surface area contributed by atoms with Crippen molar-refractivity contribution in [1.82, 2.24) is 4.90 Å². The lowest BCUT2D eigenvalue weighted by atomic mass is 10.0. The van der Waals surface area contributed by atoms with Crippen LogP contribution < -0.4 is 4.74 Å². The normalized spacial score (nSPS) is 11.6. The first-order valence-electron chi connectivity index (χ1n) is 7.91. The third-order valence-corrected chi connectivity index (χ3v) is 3.63. The van der Waals surface area contributed by atoms with Crippen molar-refractivity contribution in [2.24, 2.45) is 5.92 Å². The summed E-state index contributed by atoms with van der Waals surface area (Å²) in [5, 5.41) is 9.19. The number of carbonyl (C=O) groups excluding carboxylic acids is 1. The fourth-order valence-corrected chi connectivity index (χ4v) is 2.49. The Morgan fingerprint density at radius 1 is 1.23 bits per heavy atom. The highest BCUT2D eigenvalue weighted by Crippen LogP contribution is 2.17. The highest BCUT2D eigenvalue weighted by atomic mass is 16.5. The number of aryl methyl sites for hydroxylation is 2. The summed E-state index contributed by atoms with van der Waals surface area (Å²) < 4.78 is 5.72. The van der Waals surface area contributed by atoms with Crippen LogP contribution in [-0.4, -0.2) is 30.5 Å². The molecule has 4 nitrogen and oxygen atoms in total. The van der Waals surface area contributed by atoms with Crippen LogP contribution in [0.1, 0.15) is 37.8 Å². The fourth-order valence-electron chi connectivity index (χ4n) is 2.49. The Balaban J connectivity index is 2.45. The summed E-state index contributed by atoms with van der Waals surface area (Å²) in [6.45, 7) is 9.74. The highest BCUT2D eigenvalue weighted by molar-refractivity contribution is 5.81. The number of nitrogens with zero attached hydrogens (tertiary/aromatic N) is 2. The molecule has 22 heavy (non-hydrogen) atoms. The summed E-state index contributed by atoms with van der Waals surface area (Å²) in [7, 11) is 0. The van der Waals surface area contributed by atoms with Gasteiger partial charge in [0, 0.05) is 13.1 Å². The van der Waals surface area contributed by atoms with E-state index in [1.165, 1.54) is 11.1 Å². The zero-order valence-corrected chi connectivity index (χ0v) is 14.1. The standard InChI is InChI=1S/C18H26N2O2/c1-5-20(6-2)18(21)16(13-19)8-7-9-22-17-11-14(3)10-15(4)12-17/h10-12,16H,5-9H2,1-4H3. The second-order valence-corrected chi connectivity index (χ2v) is 5.51. The van der Waals surface area contributed by atoms with Gasteiger partial charge in [0.05, 0.1) is 12.7 Å². The van der Waals surface area contributed by atoms with E-state index in [-0.39, 0.29) is 5.91 Å². The predicted molar refractivity (Wildman–Crippen MR) is 87.7 cm³/mol. The molecular weight excluding hydrogens is 276 g/mol. The third kappa shape index (κ3) is 5.40. The van der Waals surface area contributed by atoms with Gasteiger partial charge in [-0.3, -0.25) is 4.79 Å². The molecule has 1 aromatic carbocycles. The van der Waals surface area contributed by atoms with E-state index in [0.29, 0.717) is 32.5 Å². The molecule has 1 amide bonds. The molecule has 0 radical (unpaired) electrons. The number of rotatable bonds is 8. The number of hydrogen-bond donors (Lipinski definition) is 0. The van der Waals surface area contributed by atoms with Crippen molar-refractivity contribution < 1.29 is 9.53 Å². The monoisotopic (exact) mass is 302 g/mol. The van der Waals surface area contributed by atoms with Gasteiger partial charge in [-0.1, -0.05) is 6.07 Å². The van der Waals surface area contributed by atoms with Crippen molar-refractivity contribution in [2.45, 2.75) is 40.5 Å². The smallest absolute Gasteiger partial charge is 0.239 e. The van der Waals surface area contributed by atoms with Crippen LogP contribution in [0.3, 0.4) is 0 Å². The molecule has 0 saturated heterocycles. The quantitative estimate of drug-likeness (QED) is 0.691. The molecule has 0 aliphatic carbocycles. The number of ether oxygens (including phenoxy) is 1. The van der Waals surface area contributed by atoms with E-state index in [1.807, 2.05) is 39.8 Å². The maximum atomic E-state index is 12.2. The zero-order chi connectivity index (χ0) is 16.5. The van der Waals surface area contributed by atoms with Gasteiger partial charge in [0.2, 0.25) is 5.91 Å². The average Bonchev–Trinajstić information content (AvgIpc) is 2.47. The van der Waals surface area contributed by atoms with E-state index >= 15 is 0 Å². The van der Waals surface area contributed by atoms with Crippen LogP contribution in [0.2, 0.25) is 0 Å². The molecule has 0 bridgehead atoms. The molecule has 1 rings (SSSR count). The first-order valence-corrected chi connectivity index (χ1v) is 7.91. The molecule has 0 saturated carbocycles. The number of carbonyl (C=O) groups is 1. The van der Waals surface area contributed by atoms with Gasteiger partial charge in [-0.25, -0.2) is 0 Å². The van der Waals surface area contributed by atoms with E-state index in [2.05, 4.69) is 12.1 Å². The lowest BCUT2D eigenvalue weighted by molar-refractivity contribution is -0.133. The van der Waals surface area contributed by atoms with Gasteiger partial charge in [-0.2, -0.15) is 5.26 Å². The van der Waals surface area contributed by atoms with Gasteiger partial charge in [0.1, 0.15) is 11.7 Å². The molecule has 0 aliphatic rings. The zero-order valence-electron chi connectivity index (χ0n) is 14.1. The molecule has 0 heterocycles. The minimum Gasteiger partial charge on any atom is -0.494 e. The first-order chi connectivity index (χ1) is 10.5. The number of benzene rings is 1. The summed E-state index contributed by atoms with van der Waals surface area (Å²) in [4.78, 5) is 13.9. The van der Waals surface area contributed by atoms with Gasteiger partial charge >= 0.3 is 0 Å². The van der Waals surface area contributed by atoms with Crippen LogP contribution in [-0.2, 0) is 4.79 Å². The van der Waals surface area contributed by atoms with Crippen LogP contribution >= 0.6 is 0 Å². The molecule has 0 spiro atoms. The Morgan fingerprint density at radius 2 is 1.82 bits per heavy atom. The van der Waals surface area contributed by atoms with E-state index in [0.717, 1.165) is 5.75 Å². The second-order valence-electron chi connectivity index (χ2n) is 5.51. The number of hydrogen-bond acceptors (Lipinski definition) is 3. The third-order valence-electron chi connectivity index (χ3n) is 3.63. The van der Waals surface area contributed by atoms with Crippen molar-refractivity contribution in [2.75, 3.05) is 19.7 Å². The lowest BCUT2D eigenvalue weighted by Crippen LogP contribution is -2.35. The largest absolute Gasteiger partial charge is 0.494 e. The molecule has 0 N–H and O–H groups in total. The Bertz CT molecular complexity index is 510. The van der Waals surface area contributed by atoms with Crippen molar-refractivity contribution in [3.63, 3.8) is 0 Å². The number of amides is 1. The van der Waals surface area contributed by atoms with E-state index in [9.17, 15) is 10.1 Å². The van der Waals surface area contributed by atoms with Crippen LogP contribution in [0.15, 0.2) is 18.2 Å². The molecule has 1 atom stereocenters. The van der Waals surface area contributed by atoms with E-state index in [4.69, 9.17) is 4.74 Å². The molecule has 0 aromatic heterocycles. The Kier molecular flexibility index (Phi) is 7.45. The summed E-state index contributed by atoms with van der Waals surface area (Å²) in [6, 6.07) is 8.21. The maximum absolute atomic E-state index is 12.2. The van der Waals surface area contributed by atoms with Gasteiger partial charge in [0.15, 0.2) is 0 Å². The lowest BCUT2D eigenvalue weighted by Gasteiger charge is -2.21. The average molecular weight is 302 g/mol. The minimum absolute atomic E-state index is 0.0705. The van der Waals surface area contributed by atoms with Crippen LogP contribution in [0, 0.1) is 31.1 Å². The molecule has 1 unspecified atom stereocenters.